The van der Waals surface area contributed by atoms with Crippen molar-refractivity contribution in [3.05, 3.63) is 54.5 Å². The molecular formula is C25H22N6O4. The van der Waals surface area contributed by atoms with Gasteiger partial charge >= 0.3 is 5.97 Å². The predicted molar refractivity (Wildman–Crippen MR) is 130 cm³/mol. The summed E-state index contributed by atoms with van der Waals surface area (Å²) in [6, 6.07) is 12.2. The average Bonchev–Trinajstić information content (AvgIpc) is 3.55. The lowest BCUT2D eigenvalue weighted by Gasteiger charge is -2.22. The minimum Gasteiger partial charge on any atom is -0.480 e. The number of H-pyrrole nitrogens is 1. The second kappa shape index (κ2) is 8.08. The number of carbonyl (C=O) groups is 2. The van der Waals surface area contributed by atoms with Crippen molar-refractivity contribution >= 4 is 56.4 Å². The summed E-state index contributed by atoms with van der Waals surface area (Å²) in [6.45, 7) is 2.14. The SMILES string of the molecule is Cc1nc(N2C[C@@H](CC(=O)Nc3ccc4[nH]ncc4c3)C[C@H]2C(=O)O)c2oc3ccccc3c2n1. The number of aryl methyl sites for hydroxylation is 1. The molecule has 0 aliphatic carbocycles. The van der Waals surface area contributed by atoms with Gasteiger partial charge in [-0.1, -0.05) is 12.1 Å². The van der Waals surface area contributed by atoms with Crippen LogP contribution in [0.25, 0.3) is 33.0 Å². The molecule has 1 fully saturated rings. The second-order valence-electron chi connectivity index (χ2n) is 8.90. The van der Waals surface area contributed by atoms with Gasteiger partial charge in [-0.3, -0.25) is 9.89 Å². The maximum Gasteiger partial charge on any atom is 0.326 e. The Morgan fingerprint density at radius 3 is 2.94 bits per heavy atom. The molecule has 0 spiro atoms. The van der Waals surface area contributed by atoms with Crippen molar-refractivity contribution in [3.63, 3.8) is 0 Å². The van der Waals surface area contributed by atoms with Crippen LogP contribution in [-0.2, 0) is 9.59 Å². The monoisotopic (exact) mass is 470 g/mol. The number of nitrogens with one attached hydrogen (secondary N) is 2. The summed E-state index contributed by atoms with van der Waals surface area (Å²) in [6.07, 6.45) is 2.21. The molecule has 1 saturated heterocycles. The molecule has 2 aromatic carbocycles. The van der Waals surface area contributed by atoms with Crippen LogP contribution in [0.1, 0.15) is 18.7 Å². The standard InChI is InChI=1S/C25H22N6O4/c1-13-27-22-17-4-2-3-5-20(17)35-23(22)24(28-13)31-12-14(8-19(31)25(33)34)9-21(32)29-16-6-7-18-15(10-16)11-26-30-18/h2-7,10-11,14,19H,8-9,12H2,1H3,(H,26,30)(H,29,32)(H,33,34)/t14-,19+/m1/s1. The molecule has 1 amide bonds. The van der Waals surface area contributed by atoms with E-state index in [1.165, 1.54) is 0 Å². The van der Waals surface area contributed by atoms with Crippen molar-refractivity contribution in [2.24, 2.45) is 5.92 Å². The number of aromatic nitrogens is 4. The predicted octanol–water partition coefficient (Wildman–Crippen LogP) is 3.87. The van der Waals surface area contributed by atoms with Gasteiger partial charge in [0.2, 0.25) is 5.91 Å². The third-order valence-electron chi connectivity index (χ3n) is 6.46. The lowest BCUT2D eigenvalue weighted by Crippen LogP contribution is -2.36. The lowest BCUT2D eigenvalue weighted by molar-refractivity contribution is -0.138. The highest BCUT2D eigenvalue weighted by Crippen LogP contribution is 2.37. The van der Waals surface area contributed by atoms with Gasteiger partial charge in [0, 0.05) is 29.4 Å². The van der Waals surface area contributed by atoms with E-state index in [1.54, 1.807) is 24.1 Å². The highest BCUT2D eigenvalue weighted by molar-refractivity contribution is 6.06. The number of nitrogens with zero attached hydrogens (tertiary/aromatic N) is 4. The molecule has 1 aliphatic rings. The summed E-state index contributed by atoms with van der Waals surface area (Å²) in [5, 5.41) is 21.5. The van der Waals surface area contributed by atoms with Crippen LogP contribution >= 0.6 is 0 Å². The van der Waals surface area contributed by atoms with Gasteiger partial charge in [-0.2, -0.15) is 5.10 Å². The Balaban J connectivity index is 1.27. The molecule has 1 aliphatic heterocycles. The Morgan fingerprint density at radius 2 is 2.09 bits per heavy atom. The number of amides is 1. The number of carbonyl (C=O) groups excluding carboxylic acids is 1. The van der Waals surface area contributed by atoms with E-state index in [2.05, 4.69) is 25.5 Å². The molecule has 4 heterocycles. The van der Waals surface area contributed by atoms with Crippen LogP contribution in [-0.4, -0.2) is 49.7 Å². The lowest BCUT2D eigenvalue weighted by atomic mass is 10.0. The molecule has 10 nitrogen and oxygen atoms in total. The summed E-state index contributed by atoms with van der Waals surface area (Å²) >= 11 is 0. The first kappa shape index (κ1) is 21.1. The fourth-order valence-electron chi connectivity index (χ4n) is 4.91. The van der Waals surface area contributed by atoms with Crippen LogP contribution in [0.2, 0.25) is 0 Å². The van der Waals surface area contributed by atoms with Gasteiger partial charge in [0.1, 0.15) is 23.0 Å². The molecule has 6 rings (SSSR count). The fraction of sp³-hybridized carbons (Fsp3) is 0.240. The number of para-hydroxylation sites is 1. The molecule has 35 heavy (non-hydrogen) atoms. The van der Waals surface area contributed by atoms with Crippen molar-refractivity contribution in [2.45, 2.75) is 25.8 Å². The third-order valence-corrected chi connectivity index (χ3v) is 6.46. The topological polar surface area (TPSA) is 137 Å². The van der Waals surface area contributed by atoms with Crippen molar-refractivity contribution in [1.82, 2.24) is 20.2 Å². The van der Waals surface area contributed by atoms with E-state index >= 15 is 0 Å². The molecule has 0 radical (unpaired) electrons. The van der Waals surface area contributed by atoms with E-state index in [1.807, 2.05) is 36.4 Å². The first-order valence-corrected chi connectivity index (χ1v) is 11.3. The van der Waals surface area contributed by atoms with Crippen LogP contribution in [0.4, 0.5) is 11.5 Å². The van der Waals surface area contributed by atoms with E-state index in [0.29, 0.717) is 47.0 Å². The van der Waals surface area contributed by atoms with Gasteiger partial charge in [0.05, 0.1) is 11.7 Å². The summed E-state index contributed by atoms with van der Waals surface area (Å²) < 4.78 is 6.06. The van der Waals surface area contributed by atoms with E-state index in [9.17, 15) is 14.7 Å². The van der Waals surface area contributed by atoms with Crippen LogP contribution in [0.5, 0.6) is 0 Å². The van der Waals surface area contributed by atoms with Crippen LogP contribution in [0.15, 0.2) is 53.1 Å². The first-order valence-electron chi connectivity index (χ1n) is 11.3. The summed E-state index contributed by atoms with van der Waals surface area (Å²) in [4.78, 5) is 35.8. The quantitative estimate of drug-likeness (QED) is 0.352. The van der Waals surface area contributed by atoms with E-state index in [4.69, 9.17) is 4.42 Å². The number of furan rings is 1. The number of rotatable bonds is 5. The number of anilines is 2. The molecule has 0 bridgehead atoms. The van der Waals surface area contributed by atoms with Crippen LogP contribution in [0, 0.1) is 12.8 Å². The number of hydrogen-bond donors (Lipinski definition) is 3. The second-order valence-corrected chi connectivity index (χ2v) is 8.90. The summed E-state index contributed by atoms with van der Waals surface area (Å²) in [7, 11) is 0. The Labute approximate surface area is 199 Å². The molecule has 3 aromatic heterocycles. The molecule has 2 atom stereocenters. The van der Waals surface area contributed by atoms with Gasteiger partial charge in [-0.25, -0.2) is 14.8 Å². The molecule has 10 heteroatoms. The molecule has 0 saturated carbocycles. The van der Waals surface area contributed by atoms with Gasteiger partial charge in [0.25, 0.3) is 0 Å². The van der Waals surface area contributed by atoms with Gasteiger partial charge in [-0.15, -0.1) is 0 Å². The number of fused-ring (bicyclic) bond motifs is 4. The van der Waals surface area contributed by atoms with E-state index < -0.39 is 12.0 Å². The van der Waals surface area contributed by atoms with Crippen molar-refractivity contribution in [3.8, 4) is 0 Å². The number of carboxylic acid groups (broad SMARTS) is 1. The zero-order chi connectivity index (χ0) is 24.1. The Kier molecular flexibility index (Phi) is 4.87. The molecule has 5 aromatic rings. The number of aliphatic carboxylic acids is 1. The molecule has 3 N–H and O–H groups in total. The average molecular weight is 470 g/mol. The number of benzene rings is 2. The van der Waals surface area contributed by atoms with Gasteiger partial charge in [-0.05, 0) is 49.6 Å². The van der Waals surface area contributed by atoms with Crippen LogP contribution in [0.3, 0.4) is 0 Å². The Morgan fingerprint density at radius 1 is 1.23 bits per heavy atom. The molecule has 176 valence electrons. The maximum absolute atomic E-state index is 12.8. The number of carboxylic acids is 1. The van der Waals surface area contributed by atoms with Gasteiger partial charge in [0.15, 0.2) is 11.4 Å². The van der Waals surface area contributed by atoms with Crippen molar-refractivity contribution < 1.29 is 19.1 Å². The largest absolute Gasteiger partial charge is 0.480 e. The molecule has 0 unspecified atom stereocenters. The Bertz CT molecular complexity index is 1610. The van der Waals surface area contributed by atoms with Crippen molar-refractivity contribution in [1.29, 1.82) is 0 Å². The smallest absolute Gasteiger partial charge is 0.326 e. The zero-order valence-corrected chi connectivity index (χ0v) is 18.9. The highest BCUT2D eigenvalue weighted by Gasteiger charge is 2.40. The van der Waals surface area contributed by atoms with Gasteiger partial charge < -0.3 is 19.7 Å². The van der Waals surface area contributed by atoms with Crippen molar-refractivity contribution in [2.75, 3.05) is 16.8 Å². The third kappa shape index (κ3) is 3.72. The first-order chi connectivity index (χ1) is 17.0. The summed E-state index contributed by atoms with van der Waals surface area (Å²) in [5.74, 6) is -0.317. The molecular weight excluding hydrogens is 448 g/mol. The highest BCUT2D eigenvalue weighted by atomic mass is 16.4. The Hall–Kier alpha value is -4.47. The normalized spacial score (nSPS) is 18.0. The minimum atomic E-state index is -0.959. The van der Waals surface area contributed by atoms with E-state index in [0.717, 1.165) is 16.3 Å². The van der Waals surface area contributed by atoms with Crippen LogP contribution < -0.4 is 10.2 Å². The van der Waals surface area contributed by atoms with E-state index in [-0.39, 0.29) is 18.2 Å². The minimum absolute atomic E-state index is 0.163. The maximum atomic E-state index is 12.8. The summed E-state index contributed by atoms with van der Waals surface area (Å²) in [5.41, 5.74) is 3.34. The zero-order valence-electron chi connectivity index (χ0n) is 18.9. The number of hydrogen-bond acceptors (Lipinski definition) is 7. The fourth-order valence-corrected chi connectivity index (χ4v) is 4.91. The number of aromatic amines is 1.